The normalized spacial score (nSPS) is 16.0. The third-order valence-corrected chi connectivity index (χ3v) is 3.47. The van der Waals surface area contributed by atoms with E-state index in [1.165, 1.54) is 12.8 Å². The first-order valence-electron chi connectivity index (χ1n) is 5.75. The number of aromatic nitrogens is 2. The van der Waals surface area contributed by atoms with Crippen molar-refractivity contribution >= 4 is 11.6 Å². The van der Waals surface area contributed by atoms with Gasteiger partial charge in [0.15, 0.2) is 0 Å². The highest BCUT2D eigenvalue weighted by Gasteiger charge is 2.25. The van der Waals surface area contributed by atoms with Crippen LogP contribution in [0.25, 0.3) is 0 Å². The van der Waals surface area contributed by atoms with Gasteiger partial charge in [0, 0.05) is 26.2 Å². The molecule has 0 spiro atoms. The molecule has 16 heavy (non-hydrogen) atoms. The molecule has 5 heteroatoms. The molecule has 0 amide bonds. The monoisotopic (exact) mass is 242 g/mol. The minimum absolute atomic E-state index is 0.687. The summed E-state index contributed by atoms with van der Waals surface area (Å²) in [5, 5.41) is 4.07. The summed E-state index contributed by atoms with van der Waals surface area (Å²) in [4.78, 5) is 6.65. The number of rotatable bonds is 6. The lowest BCUT2D eigenvalue weighted by molar-refractivity contribution is 0.321. The number of nitrogens with one attached hydrogen (secondary N) is 1. The topological polar surface area (TPSA) is 33.1 Å². The average Bonchev–Trinajstić information content (AvgIpc) is 3.06. The van der Waals surface area contributed by atoms with Gasteiger partial charge in [0.2, 0.25) is 0 Å². The predicted octanol–water partition coefficient (Wildman–Crippen LogP) is 1.26. The number of nitrogens with zero attached hydrogens (tertiary/aromatic N) is 3. The molecule has 0 saturated heterocycles. The van der Waals surface area contributed by atoms with Gasteiger partial charge in [-0.25, -0.2) is 4.98 Å². The van der Waals surface area contributed by atoms with E-state index in [4.69, 9.17) is 11.6 Å². The van der Waals surface area contributed by atoms with Crippen molar-refractivity contribution in [3.8, 4) is 0 Å². The van der Waals surface area contributed by atoms with E-state index < -0.39 is 0 Å². The second kappa shape index (κ2) is 5.17. The fourth-order valence-corrected chi connectivity index (χ4v) is 1.89. The molecule has 1 aromatic rings. The smallest absolute Gasteiger partial charge is 0.128 e. The molecule has 0 atom stereocenters. The van der Waals surface area contributed by atoms with Crippen molar-refractivity contribution in [1.82, 2.24) is 19.8 Å². The van der Waals surface area contributed by atoms with Gasteiger partial charge < -0.3 is 14.8 Å². The molecule has 0 radical (unpaired) electrons. The Kier molecular flexibility index (Phi) is 3.84. The maximum atomic E-state index is 5.91. The van der Waals surface area contributed by atoms with Crippen LogP contribution in [0.3, 0.4) is 0 Å². The molecular formula is C11H19ClN4. The second-order valence-electron chi connectivity index (χ2n) is 4.44. The zero-order valence-corrected chi connectivity index (χ0v) is 10.7. The molecule has 1 aliphatic carbocycles. The third-order valence-electron chi connectivity index (χ3n) is 3.12. The zero-order chi connectivity index (χ0) is 11.5. The summed E-state index contributed by atoms with van der Waals surface area (Å²) >= 11 is 5.91. The van der Waals surface area contributed by atoms with Gasteiger partial charge in [-0.1, -0.05) is 11.6 Å². The Morgan fingerprint density at radius 3 is 2.94 bits per heavy atom. The van der Waals surface area contributed by atoms with E-state index in [1.807, 2.05) is 11.6 Å². The summed E-state index contributed by atoms with van der Waals surface area (Å²) in [5.41, 5.74) is 0. The third kappa shape index (κ3) is 2.97. The van der Waals surface area contributed by atoms with Gasteiger partial charge >= 0.3 is 0 Å². The van der Waals surface area contributed by atoms with Crippen LogP contribution < -0.4 is 5.32 Å². The molecule has 1 aliphatic rings. The standard InChI is InChI=1S/C11H19ClN4/c1-15(9-3-4-9)6-5-13-8-11-14-7-10(12)16(11)2/h7,9,13H,3-6,8H2,1-2H3. The van der Waals surface area contributed by atoms with Crippen LogP contribution in [0.2, 0.25) is 5.15 Å². The summed E-state index contributed by atoms with van der Waals surface area (Å²) in [6, 6.07) is 0.837. The first-order valence-corrected chi connectivity index (χ1v) is 6.13. The fourth-order valence-electron chi connectivity index (χ4n) is 1.74. The lowest BCUT2D eigenvalue weighted by Gasteiger charge is -2.15. The van der Waals surface area contributed by atoms with Gasteiger partial charge in [0.05, 0.1) is 12.7 Å². The van der Waals surface area contributed by atoms with E-state index >= 15 is 0 Å². The molecule has 90 valence electrons. The van der Waals surface area contributed by atoms with Crippen molar-refractivity contribution < 1.29 is 0 Å². The van der Waals surface area contributed by atoms with Crippen LogP contribution >= 0.6 is 11.6 Å². The highest BCUT2D eigenvalue weighted by Crippen LogP contribution is 2.24. The minimum Gasteiger partial charge on any atom is -0.321 e. The predicted molar refractivity (Wildman–Crippen MR) is 65.6 cm³/mol. The van der Waals surface area contributed by atoms with Crippen molar-refractivity contribution in [3.63, 3.8) is 0 Å². The average molecular weight is 243 g/mol. The second-order valence-corrected chi connectivity index (χ2v) is 4.83. The van der Waals surface area contributed by atoms with Crippen molar-refractivity contribution in [3.05, 3.63) is 17.2 Å². The summed E-state index contributed by atoms with van der Waals surface area (Å²) in [6.07, 6.45) is 4.42. The lowest BCUT2D eigenvalue weighted by Crippen LogP contribution is -2.30. The number of hydrogen-bond acceptors (Lipinski definition) is 3. The number of imidazole rings is 1. The Hall–Kier alpha value is -0.580. The van der Waals surface area contributed by atoms with Crippen LogP contribution in [0.15, 0.2) is 6.20 Å². The first-order chi connectivity index (χ1) is 7.68. The van der Waals surface area contributed by atoms with E-state index in [9.17, 15) is 0 Å². The number of halogens is 1. The highest BCUT2D eigenvalue weighted by atomic mass is 35.5. The molecule has 1 saturated carbocycles. The van der Waals surface area contributed by atoms with E-state index in [1.54, 1.807) is 6.20 Å². The molecule has 0 bridgehead atoms. The Balaban J connectivity index is 1.65. The molecule has 0 unspecified atom stereocenters. The molecule has 4 nitrogen and oxygen atoms in total. The Morgan fingerprint density at radius 1 is 1.62 bits per heavy atom. The molecule has 1 N–H and O–H groups in total. The Labute approximate surface area is 102 Å². The molecule has 1 heterocycles. The van der Waals surface area contributed by atoms with Crippen LogP contribution in [-0.2, 0) is 13.6 Å². The molecule has 2 rings (SSSR count). The first kappa shape index (κ1) is 11.9. The molecule has 1 fully saturated rings. The van der Waals surface area contributed by atoms with Crippen LogP contribution in [0.1, 0.15) is 18.7 Å². The summed E-state index contributed by atoms with van der Waals surface area (Å²) < 4.78 is 1.90. The Morgan fingerprint density at radius 2 is 2.38 bits per heavy atom. The van der Waals surface area contributed by atoms with Crippen LogP contribution in [0.5, 0.6) is 0 Å². The largest absolute Gasteiger partial charge is 0.321 e. The summed E-state index contributed by atoms with van der Waals surface area (Å²) in [5.74, 6) is 0.985. The zero-order valence-electron chi connectivity index (χ0n) is 9.91. The molecular weight excluding hydrogens is 224 g/mol. The van der Waals surface area contributed by atoms with Gasteiger partial charge in [0.25, 0.3) is 0 Å². The van der Waals surface area contributed by atoms with Crippen molar-refractivity contribution in [2.45, 2.75) is 25.4 Å². The highest BCUT2D eigenvalue weighted by molar-refractivity contribution is 6.29. The maximum absolute atomic E-state index is 5.91. The van der Waals surface area contributed by atoms with Crippen molar-refractivity contribution in [2.24, 2.45) is 7.05 Å². The Bertz CT molecular complexity index is 346. The summed E-state index contributed by atoms with van der Waals surface area (Å²) in [7, 11) is 4.12. The van der Waals surface area contributed by atoms with Crippen LogP contribution in [-0.4, -0.2) is 40.6 Å². The maximum Gasteiger partial charge on any atom is 0.128 e. The molecule has 0 aromatic carbocycles. The van der Waals surface area contributed by atoms with Crippen LogP contribution in [0.4, 0.5) is 0 Å². The van der Waals surface area contributed by atoms with Crippen molar-refractivity contribution in [1.29, 1.82) is 0 Å². The van der Waals surface area contributed by atoms with E-state index in [-0.39, 0.29) is 0 Å². The minimum atomic E-state index is 0.687. The van der Waals surface area contributed by atoms with Gasteiger partial charge in [-0.2, -0.15) is 0 Å². The quantitative estimate of drug-likeness (QED) is 0.763. The SMILES string of the molecule is CN(CCNCc1ncc(Cl)n1C)C1CC1. The lowest BCUT2D eigenvalue weighted by atomic mass is 10.5. The van der Waals surface area contributed by atoms with Gasteiger partial charge in [0.1, 0.15) is 11.0 Å². The number of likely N-dealkylation sites (N-methyl/N-ethyl adjacent to an activating group) is 1. The van der Waals surface area contributed by atoms with E-state index in [2.05, 4.69) is 22.2 Å². The fraction of sp³-hybridized carbons (Fsp3) is 0.727. The van der Waals surface area contributed by atoms with E-state index in [0.29, 0.717) is 5.15 Å². The molecule has 0 aliphatic heterocycles. The van der Waals surface area contributed by atoms with Gasteiger partial charge in [-0.3, -0.25) is 0 Å². The van der Waals surface area contributed by atoms with Crippen molar-refractivity contribution in [2.75, 3.05) is 20.1 Å². The van der Waals surface area contributed by atoms with E-state index in [0.717, 1.165) is 31.5 Å². The number of hydrogen-bond donors (Lipinski definition) is 1. The molecule has 1 aromatic heterocycles. The van der Waals surface area contributed by atoms with Gasteiger partial charge in [-0.05, 0) is 19.9 Å². The van der Waals surface area contributed by atoms with Crippen LogP contribution in [0, 0.1) is 0 Å². The van der Waals surface area contributed by atoms with Gasteiger partial charge in [-0.15, -0.1) is 0 Å². The summed E-state index contributed by atoms with van der Waals surface area (Å²) in [6.45, 7) is 2.88.